The molecule has 1 aromatic carbocycles. The van der Waals surface area contributed by atoms with Crippen molar-refractivity contribution in [2.24, 2.45) is 11.8 Å². The molecular formula is C15H23BrN2. The van der Waals surface area contributed by atoms with Gasteiger partial charge in [-0.25, -0.2) is 0 Å². The molecule has 1 saturated carbocycles. The molecule has 3 heteroatoms. The molecule has 0 radical (unpaired) electrons. The van der Waals surface area contributed by atoms with Crippen LogP contribution in [0.2, 0.25) is 0 Å². The van der Waals surface area contributed by atoms with Crippen LogP contribution in [0.15, 0.2) is 22.7 Å². The fourth-order valence-corrected chi connectivity index (χ4v) is 2.99. The number of nitrogens with zero attached hydrogens (tertiary/aromatic N) is 1. The topological polar surface area (TPSA) is 15.3 Å². The van der Waals surface area contributed by atoms with Crippen molar-refractivity contribution in [1.29, 1.82) is 0 Å². The van der Waals surface area contributed by atoms with Crippen molar-refractivity contribution in [3.63, 3.8) is 0 Å². The number of rotatable bonds is 6. The molecule has 2 unspecified atom stereocenters. The lowest BCUT2D eigenvalue weighted by atomic mass is 10.1. The van der Waals surface area contributed by atoms with Crippen molar-refractivity contribution in [3.8, 4) is 0 Å². The third kappa shape index (κ3) is 3.81. The molecule has 1 N–H and O–H groups in total. The maximum Gasteiger partial charge on any atom is 0.0242 e. The van der Waals surface area contributed by atoms with Gasteiger partial charge in [-0.2, -0.15) is 0 Å². The SMILES string of the molecule is CNCc1ccc(CN(C)CC2CC2C)c(Br)c1. The number of halogens is 1. The molecule has 1 fully saturated rings. The van der Waals surface area contributed by atoms with Crippen LogP contribution in [0, 0.1) is 11.8 Å². The summed E-state index contributed by atoms with van der Waals surface area (Å²) in [4.78, 5) is 2.44. The predicted octanol–water partition coefficient (Wildman–Crippen LogP) is 3.26. The van der Waals surface area contributed by atoms with Crippen LogP contribution in [-0.4, -0.2) is 25.5 Å². The van der Waals surface area contributed by atoms with E-state index in [1.165, 1.54) is 28.6 Å². The molecule has 0 bridgehead atoms. The molecule has 1 aromatic rings. The summed E-state index contributed by atoms with van der Waals surface area (Å²) in [6.45, 7) is 5.53. The molecule has 18 heavy (non-hydrogen) atoms. The first kappa shape index (κ1) is 14.0. The smallest absolute Gasteiger partial charge is 0.0242 e. The van der Waals surface area contributed by atoms with Gasteiger partial charge < -0.3 is 10.2 Å². The summed E-state index contributed by atoms with van der Waals surface area (Å²) in [6.07, 6.45) is 1.41. The first-order valence-corrected chi connectivity index (χ1v) is 7.50. The van der Waals surface area contributed by atoms with Crippen molar-refractivity contribution < 1.29 is 0 Å². The van der Waals surface area contributed by atoms with Gasteiger partial charge in [0.1, 0.15) is 0 Å². The van der Waals surface area contributed by atoms with Crippen molar-refractivity contribution >= 4 is 15.9 Å². The molecule has 100 valence electrons. The molecule has 0 saturated heterocycles. The maximum atomic E-state index is 3.68. The Balaban J connectivity index is 1.91. The normalized spacial score (nSPS) is 22.5. The molecule has 0 aromatic heterocycles. The Morgan fingerprint density at radius 1 is 1.44 bits per heavy atom. The van der Waals surface area contributed by atoms with Gasteiger partial charge in [-0.3, -0.25) is 0 Å². The van der Waals surface area contributed by atoms with Gasteiger partial charge in [0.25, 0.3) is 0 Å². The second kappa shape index (κ2) is 6.18. The van der Waals surface area contributed by atoms with E-state index in [9.17, 15) is 0 Å². The van der Waals surface area contributed by atoms with Crippen LogP contribution in [0.3, 0.4) is 0 Å². The van der Waals surface area contributed by atoms with Gasteiger partial charge in [0, 0.05) is 24.1 Å². The zero-order valence-electron chi connectivity index (χ0n) is 11.5. The van der Waals surface area contributed by atoms with Crippen molar-refractivity contribution in [1.82, 2.24) is 10.2 Å². The van der Waals surface area contributed by atoms with E-state index in [0.29, 0.717) is 0 Å². The highest BCUT2D eigenvalue weighted by Gasteiger charge is 2.33. The summed E-state index contributed by atoms with van der Waals surface area (Å²) in [6, 6.07) is 6.67. The fourth-order valence-electron chi connectivity index (χ4n) is 2.44. The number of nitrogens with one attached hydrogen (secondary N) is 1. The predicted molar refractivity (Wildman–Crippen MR) is 80.5 cm³/mol. The Bertz CT molecular complexity index is 405. The summed E-state index contributed by atoms with van der Waals surface area (Å²) >= 11 is 3.68. The number of hydrogen-bond donors (Lipinski definition) is 1. The quantitative estimate of drug-likeness (QED) is 0.867. The second-order valence-corrected chi connectivity index (χ2v) is 6.48. The minimum atomic E-state index is 0.925. The van der Waals surface area contributed by atoms with Gasteiger partial charge in [-0.15, -0.1) is 0 Å². The van der Waals surface area contributed by atoms with Crippen LogP contribution in [0.1, 0.15) is 24.5 Å². The van der Waals surface area contributed by atoms with Crippen molar-refractivity contribution in [3.05, 3.63) is 33.8 Å². The molecule has 0 aliphatic heterocycles. The van der Waals surface area contributed by atoms with E-state index in [2.05, 4.69) is 58.3 Å². The first-order valence-electron chi connectivity index (χ1n) is 6.70. The fraction of sp³-hybridized carbons (Fsp3) is 0.600. The highest BCUT2D eigenvalue weighted by atomic mass is 79.9. The van der Waals surface area contributed by atoms with Gasteiger partial charge in [0.15, 0.2) is 0 Å². The Hall–Kier alpha value is -0.380. The van der Waals surface area contributed by atoms with Crippen LogP contribution in [-0.2, 0) is 13.1 Å². The molecule has 2 nitrogen and oxygen atoms in total. The lowest BCUT2D eigenvalue weighted by Crippen LogP contribution is -2.21. The standard InChI is InChI=1S/C15H23BrN2/c1-11-6-14(11)10-18(3)9-13-5-4-12(8-17-2)7-15(13)16/h4-5,7,11,14,17H,6,8-10H2,1-3H3. The maximum absolute atomic E-state index is 3.68. The summed E-state index contributed by atoms with van der Waals surface area (Å²) in [5.74, 6) is 1.87. The van der Waals surface area contributed by atoms with E-state index in [1.54, 1.807) is 0 Å². The van der Waals surface area contributed by atoms with Crippen LogP contribution in [0.25, 0.3) is 0 Å². The van der Waals surface area contributed by atoms with Crippen molar-refractivity contribution in [2.75, 3.05) is 20.6 Å². The van der Waals surface area contributed by atoms with E-state index >= 15 is 0 Å². The van der Waals surface area contributed by atoms with Crippen molar-refractivity contribution in [2.45, 2.75) is 26.4 Å². The third-order valence-corrected chi connectivity index (χ3v) is 4.50. The summed E-state index contributed by atoms with van der Waals surface area (Å²) in [7, 11) is 4.20. The van der Waals surface area contributed by atoms with E-state index in [0.717, 1.165) is 24.9 Å². The monoisotopic (exact) mass is 310 g/mol. The zero-order chi connectivity index (χ0) is 13.1. The molecule has 0 amide bonds. The number of hydrogen-bond acceptors (Lipinski definition) is 2. The van der Waals surface area contributed by atoms with Gasteiger partial charge in [0.2, 0.25) is 0 Å². The van der Waals surface area contributed by atoms with E-state index in [1.807, 2.05) is 7.05 Å². The van der Waals surface area contributed by atoms with Crippen LogP contribution in [0.5, 0.6) is 0 Å². The van der Waals surface area contributed by atoms with E-state index < -0.39 is 0 Å². The molecule has 1 aliphatic carbocycles. The Morgan fingerprint density at radius 2 is 2.17 bits per heavy atom. The summed E-state index contributed by atoms with van der Waals surface area (Å²) in [5.41, 5.74) is 2.71. The summed E-state index contributed by atoms with van der Waals surface area (Å²) in [5, 5.41) is 3.18. The molecule has 0 spiro atoms. The minimum absolute atomic E-state index is 0.925. The second-order valence-electron chi connectivity index (χ2n) is 5.63. The van der Waals surface area contributed by atoms with Crippen LogP contribution in [0.4, 0.5) is 0 Å². The van der Waals surface area contributed by atoms with Gasteiger partial charge in [-0.05, 0) is 49.5 Å². The average Bonchev–Trinajstić information content (AvgIpc) is 2.98. The van der Waals surface area contributed by atoms with Gasteiger partial charge in [0.05, 0.1) is 0 Å². The lowest BCUT2D eigenvalue weighted by molar-refractivity contribution is 0.307. The first-order chi connectivity index (χ1) is 8.60. The van der Waals surface area contributed by atoms with E-state index in [4.69, 9.17) is 0 Å². The average molecular weight is 311 g/mol. The molecular weight excluding hydrogens is 288 g/mol. The Morgan fingerprint density at radius 3 is 2.72 bits per heavy atom. The molecule has 2 atom stereocenters. The third-order valence-electron chi connectivity index (χ3n) is 3.76. The van der Waals surface area contributed by atoms with Gasteiger partial charge >= 0.3 is 0 Å². The number of benzene rings is 1. The highest BCUT2D eigenvalue weighted by Crippen LogP contribution is 2.38. The Labute approximate surface area is 119 Å². The largest absolute Gasteiger partial charge is 0.316 e. The Kier molecular flexibility index (Phi) is 4.82. The lowest BCUT2D eigenvalue weighted by Gasteiger charge is -2.18. The summed E-state index contributed by atoms with van der Waals surface area (Å²) < 4.78 is 1.23. The highest BCUT2D eigenvalue weighted by molar-refractivity contribution is 9.10. The molecule has 0 heterocycles. The van der Waals surface area contributed by atoms with Crippen LogP contribution < -0.4 is 5.32 Å². The van der Waals surface area contributed by atoms with E-state index in [-0.39, 0.29) is 0 Å². The van der Waals surface area contributed by atoms with Crippen LogP contribution >= 0.6 is 15.9 Å². The van der Waals surface area contributed by atoms with Gasteiger partial charge in [-0.1, -0.05) is 35.0 Å². The zero-order valence-corrected chi connectivity index (χ0v) is 13.1. The minimum Gasteiger partial charge on any atom is -0.316 e. The molecule has 1 aliphatic rings. The molecule has 2 rings (SSSR count).